The smallest absolute Gasteiger partial charge is 0.223 e. The average molecular weight is 295 g/mol. The maximum atomic E-state index is 12.4. The fourth-order valence-electron chi connectivity index (χ4n) is 2.57. The largest absolute Gasteiger partial charge is 0.341 e. The molecule has 0 aromatic heterocycles. The van der Waals surface area contributed by atoms with Gasteiger partial charge in [-0.15, -0.1) is 0 Å². The third-order valence-corrected chi connectivity index (χ3v) is 3.79. The van der Waals surface area contributed by atoms with Crippen LogP contribution in [0.4, 0.5) is 4.48 Å². The van der Waals surface area contributed by atoms with Gasteiger partial charge in [0.15, 0.2) is 5.84 Å². The van der Waals surface area contributed by atoms with Crippen molar-refractivity contribution in [2.45, 2.75) is 52.0 Å². The zero-order chi connectivity index (χ0) is 15.8. The quantitative estimate of drug-likeness (QED) is 0.263. The Labute approximate surface area is 126 Å². The summed E-state index contributed by atoms with van der Waals surface area (Å²) in [6.45, 7) is 11.8. The van der Waals surface area contributed by atoms with Crippen molar-refractivity contribution >= 4 is 18.5 Å². The Morgan fingerprint density at radius 1 is 1.43 bits per heavy atom. The fourth-order valence-corrected chi connectivity index (χ4v) is 2.57. The number of hydrogen-bond donors (Lipinski definition) is 0. The number of hydrazone groups is 1. The zero-order valence-electron chi connectivity index (χ0n) is 13.3. The lowest BCUT2D eigenvalue weighted by Crippen LogP contribution is -2.45. The molecule has 0 spiro atoms. The second-order valence-corrected chi connectivity index (χ2v) is 5.37. The number of rotatable bonds is 3. The summed E-state index contributed by atoms with van der Waals surface area (Å²) in [5.74, 6) is 0.650. The van der Waals surface area contributed by atoms with Crippen LogP contribution in [0.3, 0.4) is 0 Å². The van der Waals surface area contributed by atoms with E-state index in [4.69, 9.17) is 0 Å². The highest BCUT2D eigenvalue weighted by molar-refractivity contribution is 5.94. The zero-order valence-corrected chi connectivity index (χ0v) is 13.3. The molecule has 0 aromatic rings. The van der Waals surface area contributed by atoms with Gasteiger partial charge < -0.3 is 4.90 Å². The van der Waals surface area contributed by atoms with E-state index in [0.29, 0.717) is 18.5 Å². The first kappa shape index (κ1) is 17.3. The van der Waals surface area contributed by atoms with Crippen molar-refractivity contribution < 1.29 is 4.48 Å². The molecule has 0 aromatic carbocycles. The van der Waals surface area contributed by atoms with Crippen molar-refractivity contribution in [3.05, 3.63) is 12.2 Å². The highest BCUT2D eigenvalue weighted by Gasteiger charge is 2.24. The third-order valence-electron chi connectivity index (χ3n) is 3.79. The van der Waals surface area contributed by atoms with Gasteiger partial charge in [0.25, 0.3) is 0 Å². The minimum absolute atomic E-state index is 0.0754. The minimum Gasteiger partial charge on any atom is -0.341 e. The predicted molar refractivity (Wildman–Crippen MR) is 87.4 cm³/mol. The van der Waals surface area contributed by atoms with Crippen LogP contribution < -0.4 is 0 Å². The molecule has 1 aliphatic rings. The van der Waals surface area contributed by atoms with E-state index in [9.17, 15) is 4.48 Å². The van der Waals surface area contributed by atoms with E-state index in [1.54, 1.807) is 5.01 Å². The standard InChI is InChI=1S/C15H26FN5/c1-6-21(17-4)15(18-13(3)19-16)20(5)14-10-8-7-9-12(2)11-14/h14H,2,4,6-11H2,1,3,5H3/b18-15-,19-13-. The summed E-state index contributed by atoms with van der Waals surface area (Å²) in [5, 5.41) is 8.26. The predicted octanol–water partition coefficient (Wildman–Crippen LogP) is 3.40. The second kappa shape index (κ2) is 8.54. The number of hydrogen-bond acceptors (Lipinski definition) is 2. The molecule has 1 fully saturated rings. The van der Waals surface area contributed by atoms with Crippen LogP contribution in [0, 0.1) is 0 Å². The number of guanidine groups is 1. The van der Waals surface area contributed by atoms with Crippen LogP contribution in [-0.2, 0) is 0 Å². The molecule has 0 heterocycles. The third kappa shape index (κ3) is 4.95. The SMILES string of the molecule is C=NN(CC)/C(=N\C(C)=N/F)N(C)C1CCCCC(=C)C1. The Bertz CT molecular complexity index is 430. The van der Waals surface area contributed by atoms with Crippen molar-refractivity contribution in [1.82, 2.24) is 9.91 Å². The van der Waals surface area contributed by atoms with Crippen LogP contribution in [0.15, 0.2) is 27.5 Å². The molecule has 21 heavy (non-hydrogen) atoms. The van der Waals surface area contributed by atoms with Crippen LogP contribution in [0.5, 0.6) is 0 Å². The number of nitrogens with zero attached hydrogens (tertiary/aromatic N) is 5. The summed E-state index contributed by atoms with van der Waals surface area (Å²) < 4.78 is 12.4. The topological polar surface area (TPSA) is 43.6 Å². The van der Waals surface area contributed by atoms with Gasteiger partial charge in [-0.2, -0.15) is 10.1 Å². The Kier molecular flexibility index (Phi) is 7.05. The van der Waals surface area contributed by atoms with Crippen molar-refractivity contribution in [1.29, 1.82) is 0 Å². The van der Waals surface area contributed by atoms with Gasteiger partial charge in [0.1, 0.15) is 0 Å². The maximum Gasteiger partial charge on any atom is 0.223 e. The van der Waals surface area contributed by atoms with Gasteiger partial charge in [-0.05, 0) is 39.5 Å². The van der Waals surface area contributed by atoms with E-state index < -0.39 is 0 Å². The van der Waals surface area contributed by atoms with E-state index in [-0.39, 0.29) is 5.84 Å². The second-order valence-electron chi connectivity index (χ2n) is 5.37. The normalized spacial score (nSPS) is 21.0. The van der Waals surface area contributed by atoms with Crippen molar-refractivity contribution in [3.8, 4) is 0 Å². The molecule has 0 radical (unpaired) electrons. The molecular weight excluding hydrogens is 269 g/mol. The molecule has 1 aliphatic carbocycles. The highest BCUT2D eigenvalue weighted by atomic mass is 19.2. The first-order valence-corrected chi connectivity index (χ1v) is 7.41. The maximum absolute atomic E-state index is 12.4. The number of aliphatic imine (C=N–C) groups is 1. The summed E-state index contributed by atoms with van der Waals surface area (Å²) in [6.07, 6.45) is 5.41. The molecule has 118 valence electrons. The van der Waals surface area contributed by atoms with Gasteiger partial charge in [-0.3, -0.25) is 0 Å². The summed E-state index contributed by atoms with van der Waals surface area (Å²) in [6, 6.07) is 0.293. The van der Waals surface area contributed by atoms with Crippen LogP contribution in [0.2, 0.25) is 0 Å². The van der Waals surface area contributed by atoms with Crippen LogP contribution in [-0.4, -0.2) is 48.1 Å². The molecule has 0 bridgehead atoms. The Balaban J connectivity index is 3.03. The number of amidine groups is 1. The Morgan fingerprint density at radius 3 is 2.71 bits per heavy atom. The molecule has 1 saturated carbocycles. The van der Waals surface area contributed by atoms with Gasteiger partial charge in [-0.25, -0.2) is 5.01 Å². The summed E-state index contributed by atoms with van der Waals surface area (Å²) in [7, 11) is 1.96. The lowest BCUT2D eigenvalue weighted by Gasteiger charge is -2.33. The monoisotopic (exact) mass is 295 g/mol. The van der Waals surface area contributed by atoms with E-state index in [2.05, 4.69) is 28.6 Å². The molecule has 0 saturated heterocycles. The first-order valence-electron chi connectivity index (χ1n) is 7.41. The lowest BCUT2D eigenvalue weighted by molar-refractivity contribution is 0.291. The van der Waals surface area contributed by atoms with Gasteiger partial charge in [-0.1, -0.05) is 28.3 Å². The van der Waals surface area contributed by atoms with Gasteiger partial charge in [0.2, 0.25) is 5.96 Å². The highest BCUT2D eigenvalue weighted by Crippen LogP contribution is 2.25. The Morgan fingerprint density at radius 2 is 2.14 bits per heavy atom. The summed E-state index contributed by atoms with van der Waals surface area (Å²) >= 11 is 0. The van der Waals surface area contributed by atoms with Crippen LogP contribution in [0.1, 0.15) is 46.0 Å². The van der Waals surface area contributed by atoms with Gasteiger partial charge in [0, 0.05) is 26.4 Å². The van der Waals surface area contributed by atoms with E-state index in [0.717, 1.165) is 25.7 Å². The molecular formula is C15H26FN5. The number of halogens is 1. The minimum atomic E-state index is 0.0754. The average Bonchev–Trinajstić information content (AvgIpc) is 2.71. The Hall–Kier alpha value is -1.72. The molecule has 1 atom stereocenters. The molecule has 6 heteroatoms. The summed E-state index contributed by atoms with van der Waals surface area (Å²) in [4.78, 5) is 6.29. The first-order chi connectivity index (χ1) is 10.0. The van der Waals surface area contributed by atoms with Crippen molar-refractivity contribution in [2.75, 3.05) is 13.6 Å². The molecule has 1 rings (SSSR count). The molecule has 1 unspecified atom stereocenters. The molecule has 0 aliphatic heterocycles. The van der Waals surface area contributed by atoms with Crippen LogP contribution in [0.25, 0.3) is 0 Å². The fraction of sp³-hybridized carbons (Fsp3) is 0.667. The van der Waals surface area contributed by atoms with Gasteiger partial charge in [0.05, 0.1) is 0 Å². The van der Waals surface area contributed by atoms with Crippen LogP contribution >= 0.6 is 0 Å². The molecule has 0 amide bonds. The van der Waals surface area contributed by atoms with Crippen molar-refractivity contribution in [2.24, 2.45) is 15.3 Å². The van der Waals surface area contributed by atoms with E-state index >= 15 is 0 Å². The lowest BCUT2D eigenvalue weighted by atomic mass is 10.1. The van der Waals surface area contributed by atoms with E-state index in [1.807, 2.05) is 18.9 Å². The van der Waals surface area contributed by atoms with Gasteiger partial charge >= 0.3 is 0 Å². The van der Waals surface area contributed by atoms with Crippen molar-refractivity contribution in [3.63, 3.8) is 0 Å². The summed E-state index contributed by atoms with van der Waals surface area (Å²) in [5.41, 5.74) is 1.26. The van der Waals surface area contributed by atoms with E-state index in [1.165, 1.54) is 18.9 Å². The molecule has 5 nitrogen and oxygen atoms in total. The molecule has 0 N–H and O–H groups in total.